The number of nitrogens with zero attached hydrogens (tertiary/aromatic N) is 1. The van der Waals surface area contributed by atoms with Crippen LogP contribution >= 0.6 is 11.8 Å². The van der Waals surface area contributed by atoms with Crippen LogP contribution in [0.2, 0.25) is 0 Å². The molecule has 2 unspecified atom stereocenters. The number of aryl methyl sites for hydroxylation is 2. The van der Waals surface area contributed by atoms with Gasteiger partial charge in [-0.3, -0.25) is 14.4 Å². The first-order chi connectivity index (χ1) is 19.7. The average molecular weight is 580 g/mol. The molecule has 3 fully saturated rings. The predicted molar refractivity (Wildman–Crippen MR) is 162 cm³/mol. The summed E-state index contributed by atoms with van der Waals surface area (Å²) in [6.07, 6.45) is 2.17. The molecule has 2 aromatic rings. The molecule has 0 radical (unpaired) electrons. The molecule has 0 aromatic heterocycles. The van der Waals surface area contributed by atoms with Crippen LogP contribution in [0.4, 0.5) is 11.4 Å². The number of carbonyl (C=O) groups is 3. The van der Waals surface area contributed by atoms with Gasteiger partial charge < -0.3 is 25.4 Å². The first-order valence-electron chi connectivity index (χ1n) is 14.7. The van der Waals surface area contributed by atoms with Crippen molar-refractivity contribution in [2.75, 3.05) is 23.8 Å². The van der Waals surface area contributed by atoms with Crippen LogP contribution in [-0.2, 0) is 14.4 Å². The van der Waals surface area contributed by atoms with Crippen molar-refractivity contribution in [1.29, 1.82) is 0 Å². The number of ether oxygens (including phenoxy) is 1. The summed E-state index contributed by atoms with van der Waals surface area (Å²) in [6, 6.07) is 11.8. The van der Waals surface area contributed by atoms with Gasteiger partial charge in [0.1, 0.15) is 11.8 Å². The van der Waals surface area contributed by atoms with Crippen LogP contribution in [0.25, 0.3) is 0 Å². The van der Waals surface area contributed by atoms with Gasteiger partial charge >= 0.3 is 0 Å². The smallest absolute Gasteiger partial charge is 0.248 e. The summed E-state index contributed by atoms with van der Waals surface area (Å²) in [5.41, 5.74) is 3.27. The summed E-state index contributed by atoms with van der Waals surface area (Å²) in [4.78, 5) is 44.1. The highest BCUT2D eigenvalue weighted by Crippen LogP contribution is 2.67. The monoisotopic (exact) mass is 579 g/mol. The minimum Gasteiger partial charge on any atom is -0.494 e. The number of fused-ring (bicyclic) bond motifs is 1. The number of rotatable bonds is 10. The van der Waals surface area contributed by atoms with Crippen LogP contribution in [0.3, 0.4) is 0 Å². The molecule has 0 aliphatic carbocycles. The van der Waals surface area contributed by atoms with Crippen molar-refractivity contribution in [1.82, 2.24) is 4.90 Å². The molecule has 3 saturated heterocycles. The van der Waals surface area contributed by atoms with Crippen molar-refractivity contribution in [3.63, 3.8) is 0 Å². The molecule has 3 aliphatic rings. The van der Waals surface area contributed by atoms with Crippen LogP contribution in [0.15, 0.2) is 42.5 Å². The van der Waals surface area contributed by atoms with Gasteiger partial charge in [-0.2, -0.15) is 0 Å². The van der Waals surface area contributed by atoms with E-state index in [4.69, 9.17) is 4.74 Å². The molecule has 3 N–H and O–H groups in total. The van der Waals surface area contributed by atoms with E-state index < -0.39 is 28.7 Å². The quantitative estimate of drug-likeness (QED) is 0.374. The second kappa shape index (κ2) is 11.7. The molecule has 3 heterocycles. The zero-order chi connectivity index (χ0) is 29.5. The fourth-order valence-corrected chi connectivity index (χ4v) is 9.30. The number of amides is 3. The Balaban J connectivity index is 1.50. The van der Waals surface area contributed by atoms with E-state index in [1.165, 1.54) is 0 Å². The van der Waals surface area contributed by atoms with Gasteiger partial charge in [0.05, 0.1) is 35.8 Å². The number of aliphatic hydroxyl groups excluding tert-OH is 1. The Labute approximate surface area is 246 Å². The van der Waals surface area contributed by atoms with E-state index in [9.17, 15) is 19.5 Å². The molecule has 220 valence electrons. The summed E-state index contributed by atoms with van der Waals surface area (Å²) in [5.74, 6) is -1.16. The highest BCUT2D eigenvalue weighted by molar-refractivity contribution is 8.02. The van der Waals surface area contributed by atoms with E-state index in [0.29, 0.717) is 18.7 Å². The number of hydrogen-bond donors (Lipinski definition) is 3. The number of carbonyl (C=O) groups excluding carboxylic acids is 3. The second-order valence-electron chi connectivity index (χ2n) is 11.6. The van der Waals surface area contributed by atoms with Crippen LogP contribution < -0.4 is 15.4 Å². The summed E-state index contributed by atoms with van der Waals surface area (Å²) in [5, 5.41) is 16.7. The van der Waals surface area contributed by atoms with Crippen molar-refractivity contribution >= 4 is 40.9 Å². The van der Waals surface area contributed by atoms with Crippen LogP contribution in [-0.4, -0.2) is 63.0 Å². The molecular weight excluding hydrogens is 538 g/mol. The van der Waals surface area contributed by atoms with Gasteiger partial charge in [0, 0.05) is 16.6 Å². The predicted octanol–water partition coefficient (Wildman–Crippen LogP) is 4.78. The number of aliphatic hydroxyl groups is 1. The van der Waals surface area contributed by atoms with Crippen molar-refractivity contribution in [3.05, 3.63) is 53.6 Å². The Kier molecular flexibility index (Phi) is 8.39. The number of likely N-dealkylation sites (tertiary alicyclic amines) is 1. The zero-order valence-electron chi connectivity index (χ0n) is 24.5. The summed E-state index contributed by atoms with van der Waals surface area (Å²) < 4.78 is 4.78. The van der Waals surface area contributed by atoms with Gasteiger partial charge in [-0.15, -0.1) is 11.8 Å². The second-order valence-corrected chi connectivity index (χ2v) is 13.2. The maximum absolute atomic E-state index is 14.4. The number of anilines is 2. The number of nitrogens with one attached hydrogen (secondary N) is 2. The summed E-state index contributed by atoms with van der Waals surface area (Å²) >= 11 is 1.63. The molecule has 1 spiro atoms. The topological polar surface area (TPSA) is 108 Å². The number of hydrogen-bond acceptors (Lipinski definition) is 6. The van der Waals surface area contributed by atoms with Crippen molar-refractivity contribution < 1.29 is 24.2 Å². The van der Waals surface area contributed by atoms with Crippen molar-refractivity contribution in [2.45, 2.75) is 76.0 Å². The Morgan fingerprint density at radius 1 is 1.10 bits per heavy atom. The molecule has 9 heteroatoms. The SMILES string of the molecule is CCOc1ccc(NC(=O)[C@@H]2[C@@H]3CCC4(S3)C(C(=O)Nc3c(C)cccc3C)N([C@@H](CO)[C@@H](C)CC)C(=O)[C@H]24)cc1. The van der Waals surface area contributed by atoms with Gasteiger partial charge in [-0.1, -0.05) is 38.5 Å². The first kappa shape index (κ1) is 29.5. The molecule has 5 rings (SSSR count). The van der Waals surface area contributed by atoms with E-state index in [1.54, 1.807) is 28.8 Å². The molecule has 3 amide bonds. The third-order valence-electron chi connectivity index (χ3n) is 9.30. The molecule has 0 saturated carbocycles. The van der Waals surface area contributed by atoms with Crippen LogP contribution in [0, 0.1) is 31.6 Å². The van der Waals surface area contributed by atoms with Gasteiger partial charge in [-0.05, 0) is 74.9 Å². The molecular formula is C32H41N3O5S. The fourth-order valence-electron chi connectivity index (χ4n) is 7.09. The highest BCUT2D eigenvalue weighted by atomic mass is 32.2. The Hall–Kier alpha value is -3.04. The largest absolute Gasteiger partial charge is 0.494 e. The lowest BCUT2D eigenvalue weighted by Crippen LogP contribution is -2.56. The lowest BCUT2D eigenvalue weighted by atomic mass is 9.70. The number of thioether (sulfide) groups is 1. The van der Waals surface area contributed by atoms with Crippen molar-refractivity contribution in [2.24, 2.45) is 17.8 Å². The van der Waals surface area contributed by atoms with Gasteiger partial charge in [0.15, 0.2) is 0 Å². The average Bonchev–Trinajstić information content (AvgIpc) is 3.60. The summed E-state index contributed by atoms with van der Waals surface area (Å²) in [6.45, 7) is 10.2. The Morgan fingerprint density at radius 3 is 2.39 bits per heavy atom. The normalized spacial score (nSPS) is 27.9. The maximum Gasteiger partial charge on any atom is 0.248 e. The molecule has 2 aromatic carbocycles. The maximum atomic E-state index is 14.4. The Morgan fingerprint density at radius 2 is 1.78 bits per heavy atom. The van der Waals surface area contributed by atoms with Crippen LogP contribution in [0.1, 0.15) is 51.2 Å². The van der Waals surface area contributed by atoms with Gasteiger partial charge in [-0.25, -0.2) is 0 Å². The van der Waals surface area contributed by atoms with E-state index in [2.05, 4.69) is 10.6 Å². The summed E-state index contributed by atoms with van der Waals surface area (Å²) in [7, 11) is 0. The van der Waals surface area contributed by atoms with Crippen molar-refractivity contribution in [3.8, 4) is 5.75 Å². The number of benzene rings is 2. The molecule has 7 atom stereocenters. The minimum absolute atomic E-state index is 0.0204. The van der Waals surface area contributed by atoms with Crippen LogP contribution in [0.5, 0.6) is 5.75 Å². The van der Waals surface area contributed by atoms with E-state index in [1.807, 2.05) is 65.0 Å². The molecule has 8 nitrogen and oxygen atoms in total. The number of para-hydroxylation sites is 1. The van der Waals surface area contributed by atoms with Gasteiger partial charge in [0.2, 0.25) is 17.7 Å². The van der Waals surface area contributed by atoms with E-state index >= 15 is 0 Å². The molecule has 2 bridgehead atoms. The van der Waals surface area contributed by atoms with E-state index in [0.717, 1.165) is 35.4 Å². The molecule has 3 aliphatic heterocycles. The third-order valence-corrected chi connectivity index (χ3v) is 11.2. The zero-order valence-corrected chi connectivity index (χ0v) is 25.3. The van der Waals surface area contributed by atoms with E-state index in [-0.39, 0.29) is 35.5 Å². The third kappa shape index (κ3) is 5.01. The Bertz CT molecular complexity index is 1300. The lowest BCUT2D eigenvalue weighted by molar-refractivity contribution is -0.142. The van der Waals surface area contributed by atoms with Gasteiger partial charge in [0.25, 0.3) is 0 Å². The fraction of sp³-hybridized carbons (Fsp3) is 0.531. The highest BCUT2D eigenvalue weighted by Gasteiger charge is 2.74. The standard InChI is InChI=1S/C32H41N3O5S/c1-6-18(3)23(17-36)35-28(30(38)34-27-19(4)9-8-10-20(27)5)32-16-15-24(41-32)25(26(32)31(35)39)29(37)33-21-11-13-22(14-12-21)40-7-2/h8-14,18,23-26,28,36H,6-7,15-17H2,1-5H3,(H,33,37)(H,34,38)/t18-,23-,24-,25+,26-,28?,32?/m0/s1. The lowest BCUT2D eigenvalue weighted by Gasteiger charge is -2.39. The molecule has 41 heavy (non-hydrogen) atoms. The first-order valence-corrected chi connectivity index (χ1v) is 15.6. The minimum atomic E-state index is -0.788.